The van der Waals surface area contributed by atoms with Gasteiger partial charge in [0.25, 0.3) is 0 Å². The van der Waals surface area contributed by atoms with Crippen LogP contribution in [-0.4, -0.2) is 29.4 Å². The first-order chi connectivity index (χ1) is 8.63. The van der Waals surface area contributed by atoms with Gasteiger partial charge in [-0.3, -0.25) is 4.79 Å². The van der Waals surface area contributed by atoms with Crippen LogP contribution in [0, 0.1) is 5.92 Å². The van der Waals surface area contributed by atoms with E-state index in [0.29, 0.717) is 5.75 Å². The zero-order valence-electron chi connectivity index (χ0n) is 10.9. The van der Waals surface area contributed by atoms with Gasteiger partial charge >= 0.3 is 0 Å². The van der Waals surface area contributed by atoms with Crippen molar-refractivity contribution in [2.24, 2.45) is 5.92 Å². The molecule has 1 aromatic rings. The molecule has 0 bridgehead atoms. The molecule has 1 amide bonds. The van der Waals surface area contributed by atoms with Crippen molar-refractivity contribution in [1.82, 2.24) is 5.32 Å². The van der Waals surface area contributed by atoms with E-state index in [1.165, 1.54) is 5.56 Å². The minimum absolute atomic E-state index is 0.0137. The summed E-state index contributed by atoms with van der Waals surface area (Å²) in [6, 6.07) is 10.1. The number of rotatable bonds is 7. The van der Waals surface area contributed by atoms with Crippen molar-refractivity contribution in [3.63, 3.8) is 0 Å². The van der Waals surface area contributed by atoms with Gasteiger partial charge in [-0.2, -0.15) is 0 Å². The van der Waals surface area contributed by atoms with E-state index in [1.54, 1.807) is 11.8 Å². The minimum Gasteiger partial charge on any atom is -0.396 e. The molecule has 0 aliphatic rings. The van der Waals surface area contributed by atoms with Crippen molar-refractivity contribution >= 4 is 17.7 Å². The molecular weight excluding hydrogens is 246 g/mol. The van der Waals surface area contributed by atoms with Crippen molar-refractivity contribution in [3.05, 3.63) is 35.9 Å². The van der Waals surface area contributed by atoms with Gasteiger partial charge in [-0.15, -0.1) is 11.8 Å². The van der Waals surface area contributed by atoms with Gasteiger partial charge in [0.05, 0.1) is 5.75 Å². The normalized spacial score (nSPS) is 13.9. The molecule has 2 N–H and O–H groups in total. The third-order valence-corrected chi connectivity index (χ3v) is 3.88. The maximum atomic E-state index is 11.7. The van der Waals surface area contributed by atoms with Gasteiger partial charge in [0.15, 0.2) is 0 Å². The molecule has 1 rings (SSSR count). The molecule has 0 fully saturated rings. The van der Waals surface area contributed by atoms with Crippen LogP contribution in [0.2, 0.25) is 0 Å². The summed E-state index contributed by atoms with van der Waals surface area (Å²) in [7, 11) is 0. The fourth-order valence-corrected chi connectivity index (χ4v) is 2.23. The van der Waals surface area contributed by atoms with Crippen LogP contribution in [-0.2, 0) is 10.5 Å². The predicted octanol–water partition coefficient (Wildman–Crippen LogP) is 2.05. The quantitative estimate of drug-likeness (QED) is 0.795. The van der Waals surface area contributed by atoms with E-state index >= 15 is 0 Å². The Morgan fingerprint density at radius 1 is 1.33 bits per heavy atom. The maximum absolute atomic E-state index is 11.7. The monoisotopic (exact) mass is 267 g/mol. The van der Waals surface area contributed by atoms with E-state index in [9.17, 15) is 4.79 Å². The van der Waals surface area contributed by atoms with E-state index in [2.05, 4.69) is 17.4 Å². The summed E-state index contributed by atoms with van der Waals surface area (Å²) in [6.07, 6.45) is 0. The van der Waals surface area contributed by atoms with E-state index in [-0.39, 0.29) is 24.5 Å². The third kappa shape index (κ3) is 5.56. The molecule has 4 heteroatoms. The number of thioether (sulfide) groups is 1. The molecule has 100 valence electrons. The van der Waals surface area contributed by atoms with Crippen LogP contribution < -0.4 is 5.32 Å². The van der Waals surface area contributed by atoms with Gasteiger partial charge in [-0.25, -0.2) is 0 Å². The number of hydrogen-bond donors (Lipinski definition) is 2. The van der Waals surface area contributed by atoms with Crippen LogP contribution in [0.3, 0.4) is 0 Å². The van der Waals surface area contributed by atoms with Crippen LogP contribution in [0.4, 0.5) is 0 Å². The maximum Gasteiger partial charge on any atom is 0.230 e. The Bertz CT molecular complexity index is 356. The number of carbonyl (C=O) groups is 1. The van der Waals surface area contributed by atoms with E-state index in [0.717, 1.165) is 5.75 Å². The third-order valence-electron chi connectivity index (χ3n) is 2.87. The molecule has 0 heterocycles. The first-order valence-corrected chi connectivity index (χ1v) is 7.31. The number of aliphatic hydroxyl groups excluding tert-OH is 1. The molecular formula is C14H21NO2S. The van der Waals surface area contributed by atoms with Gasteiger partial charge in [0.1, 0.15) is 0 Å². The number of amides is 1. The Morgan fingerprint density at radius 2 is 2.00 bits per heavy atom. The van der Waals surface area contributed by atoms with E-state index in [4.69, 9.17) is 5.11 Å². The molecule has 0 radical (unpaired) electrons. The molecule has 2 unspecified atom stereocenters. The second-order valence-corrected chi connectivity index (χ2v) is 5.48. The minimum atomic E-state index is 0.0137. The highest BCUT2D eigenvalue weighted by Crippen LogP contribution is 2.11. The van der Waals surface area contributed by atoms with Gasteiger partial charge in [-0.1, -0.05) is 37.3 Å². The van der Waals surface area contributed by atoms with Crippen molar-refractivity contribution < 1.29 is 9.90 Å². The molecule has 0 spiro atoms. The average Bonchev–Trinajstić information content (AvgIpc) is 2.38. The van der Waals surface area contributed by atoms with Crippen molar-refractivity contribution in [2.75, 3.05) is 12.4 Å². The van der Waals surface area contributed by atoms with Crippen LogP contribution in [0.15, 0.2) is 30.3 Å². The predicted molar refractivity (Wildman–Crippen MR) is 76.5 cm³/mol. The Balaban J connectivity index is 2.21. The standard InChI is InChI=1S/C14H21NO2S/c1-11(8-16)12(2)15-14(17)10-18-9-13-6-4-3-5-7-13/h3-7,11-12,16H,8-10H2,1-2H3,(H,15,17). The fourth-order valence-electron chi connectivity index (χ4n) is 1.43. The Morgan fingerprint density at radius 3 is 2.61 bits per heavy atom. The molecule has 3 nitrogen and oxygen atoms in total. The molecule has 1 aromatic carbocycles. The molecule has 0 saturated carbocycles. The summed E-state index contributed by atoms with van der Waals surface area (Å²) >= 11 is 1.60. The van der Waals surface area contributed by atoms with Gasteiger partial charge in [-0.05, 0) is 18.4 Å². The molecule has 0 saturated heterocycles. The number of nitrogens with one attached hydrogen (secondary N) is 1. The van der Waals surface area contributed by atoms with Gasteiger partial charge in [0, 0.05) is 18.4 Å². The van der Waals surface area contributed by atoms with Crippen LogP contribution in [0.1, 0.15) is 19.4 Å². The number of hydrogen-bond acceptors (Lipinski definition) is 3. The van der Waals surface area contributed by atoms with Crippen molar-refractivity contribution in [3.8, 4) is 0 Å². The zero-order chi connectivity index (χ0) is 13.4. The van der Waals surface area contributed by atoms with E-state index in [1.807, 2.05) is 32.0 Å². The fraction of sp³-hybridized carbons (Fsp3) is 0.500. The topological polar surface area (TPSA) is 49.3 Å². The zero-order valence-corrected chi connectivity index (χ0v) is 11.7. The van der Waals surface area contributed by atoms with Crippen LogP contribution in [0.5, 0.6) is 0 Å². The van der Waals surface area contributed by atoms with Crippen molar-refractivity contribution in [2.45, 2.75) is 25.6 Å². The lowest BCUT2D eigenvalue weighted by molar-refractivity contribution is -0.119. The summed E-state index contributed by atoms with van der Waals surface area (Å²) in [5, 5.41) is 11.9. The highest BCUT2D eigenvalue weighted by Gasteiger charge is 2.13. The SMILES string of the molecule is CC(CO)C(C)NC(=O)CSCc1ccccc1. The van der Waals surface area contributed by atoms with Gasteiger partial charge < -0.3 is 10.4 Å². The van der Waals surface area contributed by atoms with Gasteiger partial charge in [0.2, 0.25) is 5.91 Å². The average molecular weight is 267 g/mol. The molecule has 0 aliphatic carbocycles. The number of carbonyl (C=O) groups excluding carboxylic acids is 1. The van der Waals surface area contributed by atoms with E-state index < -0.39 is 0 Å². The largest absolute Gasteiger partial charge is 0.396 e. The second-order valence-electron chi connectivity index (χ2n) is 4.49. The molecule has 2 atom stereocenters. The Labute approximate surface area is 113 Å². The molecule has 0 aromatic heterocycles. The highest BCUT2D eigenvalue weighted by atomic mass is 32.2. The summed E-state index contributed by atoms with van der Waals surface area (Å²) in [4.78, 5) is 11.7. The first kappa shape index (κ1) is 15.1. The molecule has 0 aliphatic heterocycles. The number of aliphatic hydroxyl groups is 1. The summed E-state index contributed by atoms with van der Waals surface area (Å²) in [6.45, 7) is 3.93. The van der Waals surface area contributed by atoms with Crippen LogP contribution >= 0.6 is 11.8 Å². The first-order valence-electron chi connectivity index (χ1n) is 6.15. The summed E-state index contributed by atoms with van der Waals surface area (Å²) in [5.41, 5.74) is 1.23. The Kier molecular flexibility index (Phi) is 6.83. The van der Waals surface area contributed by atoms with Crippen molar-refractivity contribution in [1.29, 1.82) is 0 Å². The highest BCUT2D eigenvalue weighted by molar-refractivity contribution is 7.99. The lowest BCUT2D eigenvalue weighted by Crippen LogP contribution is -2.39. The lowest BCUT2D eigenvalue weighted by atomic mass is 10.1. The smallest absolute Gasteiger partial charge is 0.230 e. The lowest BCUT2D eigenvalue weighted by Gasteiger charge is -2.19. The second kappa shape index (κ2) is 8.16. The summed E-state index contributed by atoms with van der Waals surface area (Å²) in [5.74, 6) is 1.42. The van der Waals surface area contributed by atoms with Crippen LogP contribution in [0.25, 0.3) is 0 Å². The Hall–Kier alpha value is -1.00. The summed E-state index contributed by atoms with van der Waals surface area (Å²) < 4.78 is 0. The molecule has 18 heavy (non-hydrogen) atoms. The number of benzene rings is 1.